The Hall–Kier alpha value is -2.68. The van der Waals surface area contributed by atoms with Crippen molar-refractivity contribution in [2.45, 2.75) is 32.1 Å². The minimum atomic E-state index is -0.566. The van der Waals surface area contributed by atoms with Crippen LogP contribution >= 0.6 is 0 Å². The zero-order valence-electron chi connectivity index (χ0n) is 13.4. The van der Waals surface area contributed by atoms with Crippen LogP contribution in [0.15, 0.2) is 24.3 Å². The van der Waals surface area contributed by atoms with Crippen molar-refractivity contribution in [3.8, 4) is 17.3 Å². The third-order valence-electron chi connectivity index (χ3n) is 4.43. The lowest BCUT2D eigenvalue weighted by Gasteiger charge is -2.22. The van der Waals surface area contributed by atoms with Crippen LogP contribution in [0, 0.1) is 23.1 Å². The molecule has 124 valence electrons. The quantitative estimate of drug-likeness (QED) is 0.894. The van der Waals surface area contributed by atoms with Crippen molar-refractivity contribution in [2.24, 2.45) is 5.92 Å². The van der Waals surface area contributed by atoms with Crippen LogP contribution in [-0.4, -0.2) is 16.5 Å². The molecule has 3 N–H and O–H groups in total. The standard InChI is InChI=1S/C18H20FN5/c19-15-8-13(6-7-14(15)10-20)16-9-17(24-18(21)23-16)22-11-12-4-2-1-3-5-12/h6-9,12H,1-5,11H2,(H3,21,22,23,24). The van der Waals surface area contributed by atoms with Crippen LogP contribution in [0.5, 0.6) is 0 Å². The number of nitrogens with zero attached hydrogens (tertiary/aromatic N) is 3. The van der Waals surface area contributed by atoms with Crippen molar-refractivity contribution in [1.29, 1.82) is 5.26 Å². The predicted octanol–water partition coefficient (Wildman–Crippen LogP) is 3.73. The third kappa shape index (κ3) is 3.80. The smallest absolute Gasteiger partial charge is 0.222 e. The van der Waals surface area contributed by atoms with Gasteiger partial charge in [-0.3, -0.25) is 0 Å². The number of aromatic nitrogens is 2. The maximum absolute atomic E-state index is 13.8. The van der Waals surface area contributed by atoms with Gasteiger partial charge in [0, 0.05) is 18.2 Å². The van der Waals surface area contributed by atoms with Crippen molar-refractivity contribution in [3.05, 3.63) is 35.6 Å². The molecule has 5 nitrogen and oxygen atoms in total. The highest BCUT2D eigenvalue weighted by molar-refractivity contribution is 5.65. The first-order valence-corrected chi connectivity index (χ1v) is 8.24. The lowest BCUT2D eigenvalue weighted by atomic mass is 9.89. The Balaban J connectivity index is 1.78. The fourth-order valence-electron chi connectivity index (χ4n) is 3.11. The number of nitrogen functional groups attached to an aromatic ring is 1. The van der Waals surface area contributed by atoms with E-state index in [0.717, 1.165) is 6.54 Å². The molecule has 0 amide bonds. The predicted molar refractivity (Wildman–Crippen MR) is 91.6 cm³/mol. The third-order valence-corrected chi connectivity index (χ3v) is 4.43. The van der Waals surface area contributed by atoms with Gasteiger partial charge in [-0.05, 0) is 30.9 Å². The van der Waals surface area contributed by atoms with E-state index in [-0.39, 0.29) is 11.5 Å². The Labute approximate surface area is 140 Å². The van der Waals surface area contributed by atoms with Crippen molar-refractivity contribution < 1.29 is 4.39 Å². The summed E-state index contributed by atoms with van der Waals surface area (Å²) < 4.78 is 13.8. The first-order chi connectivity index (χ1) is 11.7. The molecule has 24 heavy (non-hydrogen) atoms. The molecule has 2 aromatic rings. The van der Waals surface area contributed by atoms with Crippen molar-refractivity contribution in [3.63, 3.8) is 0 Å². The van der Waals surface area contributed by atoms with Gasteiger partial charge in [0.15, 0.2) is 0 Å². The largest absolute Gasteiger partial charge is 0.370 e. The number of nitriles is 1. The van der Waals surface area contributed by atoms with Gasteiger partial charge in [-0.25, -0.2) is 9.37 Å². The molecule has 1 aliphatic carbocycles. The first kappa shape index (κ1) is 16.2. The van der Waals surface area contributed by atoms with Gasteiger partial charge in [0.25, 0.3) is 0 Å². The molecule has 1 fully saturated rings. The Morgan fingerprint density at radius 1 is 1.21 bits per heavy atom. The molecule has 0 unspecified atom stereocenters. The van der Waals surface area contributed by atoms with E-state index >= 15 is 0 Å². The van der Waals surface area contributed by atoms with Gasteiger partial charge in [-0.1, -0.05) is 25.3 Å². The molecule has 1 aromatic carbocycles. The number of rotatable bonds is 4. The van der Waals surface area contributed by atoms with Crippen LogP contribution < -0.4 is 11.1 Å². The molecule has 3 rings (SSSR count). The highest BCUT2D eigenvalue weighted by Gasteiger charge is 2.14. The molecule has 0 bridgehead atoms. The molecular weight excluding hydrogens is 305 g/mol. The fourth-order valence-corrected chi connectivity index (χ4v) is 3.11. The van der Waals surface area contributed by atoms with Crippen LogP contribution in [0.25, 0.3) is 11.3 Å². The molecule has 1 saturated carbocycles. The second-order valence-corrected chi connectivity index (χ2v) is 6.19. The molecule has 6 heteroatoms. The summed E-state index contributed by atoms with van der Waals surface area (Å²) in [6.07, 6.45) is 6.37. The average molecular weight is 325 g/mol. The topological polar surface area (TPSA) is 87.6 Å². The van der Waals surface area contributed by atoms with Gasteiger partial charge in [0.2, 0.25) is 5.95 Å². The van der Waals surface area contributed by atoms with E-state index in [0.29, 0.717) is 23.0 Å². The monoisotopic (exact) mass is 325 g/mol. The van der Waals surface area contributed by atoms with Crippen LogP contribution in [0.1, 0.15) is 37.7 Å². The summed E-state index contributed by atoms with van der Waals surface area (Å²) in [7, 11) is 0. The number of halogens is 1. The summed E-state index contributed by atoms with van der Waals surface area (Å²) >= 11 is 0. The number of anilines is 2. The summed E-state index contributed by atoms with van der Waals surface area (Å²) in [5.41, 5.74) is 6.91. The molecule has 0 atom stereocenters. The summed E-state index contributed by atoms with van der Waals surface area (Å²) in [4.78, 5) is 8.38. The summed E-state index contributed by atoms with van der Waals surface area (Å²) in [6.45, 7) is 0.859. The molecule has 0 radical (unpaired) electrons. The van der Waals surface area contributed by atoms with Crippen LogP contribution in [0.3, 0.4) is 0 Å². The van der Waals surface area contributed by atoms with E-state index < -0.39 is 5.82 Å². The van der Waals surface area contributed by atoms with Gasteiger partial charge in [-0.2, -0.15) is 10.2 Å². The maximum atomic E-state index is 13.8. The minimum Gasteiger partial charge on any atom is -0.370 e. The number of hydrogen-bond donors (Lipinski definition) is 2. The number of benzene rings is 1. The van der Waals surface area contributed by atoms with Gasteiger partial charge in [0.1, 0.15) is 17.7 Å². The normalized spacial score (nSPS) is 15.0. The van der Waals surface area contributed by atoms with Crippen LogP contribution in [-0.2, 0) is 0 Å². The summed E-state index contributed by atoms with van der Waals surface area (Å²) in [6, 6.07) is 7.97. The minimum absolute atomic E-state index is 0.0106. The lowest BCUT2D eigenvalue weighted by molar-refractivity contribution is 0.373. The average Bonchev–Trinajstić information content (AvgIpc) is 2.60. The highest BCUT2D eigenvalue weighted by atomic mass is 19.1. The second-order valence-electron chi connectivity index (χ2n) is 6.19. The van der Waals surface area contributed by atoms with E-state index in [1.54, 1.807) is 12.1 Å². The van der Waals surface area contributed by atoms with Crippen LogP contribution in [0.4, 0.5) is 16.2 Å². The van der Waals surface area contributed by atoms with Gasteiger partial charge < -0.3 is 11.1 Å². The Bertz CT molecular complexity index is 762. The molecule has 1 heterocycles. The Kier molecular flexibility index (Phi) is 4.90. The number of hydrogen-bond acceptors (Lipinski definition) is 5. The van der Waals surface area contributed by atoms with E-state index in [2.05, 4.69) is 15.3 Å². The van der Waals surface area contributed by atoms with E-state index in [9.17, 15) is 4.39 Å². The molecule has 1 aliphatic rings. The van der Waals surface area contributed by atoms with Crippen molar-refractivity contribution >= 4 is 11.8 Å². The van der Waals surface area contributed by atoms with E-state index in [1.807, 2.05) is 6.07 Å². The highest BCUT2D eigenvalue weighted by Crippen LogP contribution is 2.25. The second kappa shape index (κ2) is 7.26. The van der Waals surface area contributed by atoms with Crippen LogP contribution in [0.2, 0.25) is 0 Å². The van der Waals surface area contributed by atoms with Crippen molar-refractivity contribution in [2.75, 3.05) is 17.6 Å². The maximum Gasteiger partial charge on any atom is 0.222 e. The Morgan fingerprint density at radius 3 is 2.71 bits per heavy atom. The molecular formula is C18H20FN5. The number of nitrogens with two attached hydrogens (primary N) is 1. The van der Waals surface area contributed by atoms with Gasteiger partial charge in [0.05, 0.1) is 11.3 Å². The van der Waals surface area contributed by atoms with E-state index in [4.69, 9.17) is 11.0 Å². The fraction of sp³-hybridized carbons (Fsp3) is 0.389. The van der Waals surface area contributed by atoms with Gasteiger partial charge in [-0.15, -0.1) is 0 Å². The summed E-state index contributed by atoms with van der Waals surface area (Å²) in [5, 5.41) is 12.1. The zero-order valence-corrected chi connectivity index (χ0v) is 13.4. The lowest BCUT2D eigenvalue weighted by Crippen LogP contribution is -2.18. The summed E-state index contributed by atoms with van der Waals surface area (Å²) in [5.74, 6) is 0.880. The van der Waals surface area contributed by atoms with Crippen molar-refractivity contribution in [1.82, 2.24) is 9.97 Å². The zero-order chi connectivity index (χ0) is 16.9. The SMILES string of the molecule is N#Cc1ccc(-c2cc(NCC3CCCCC3)nc(N)n2)cc1F. The number of nitrogens with one attached hydrogen (secondary N) is 1. The Morgan fingerprint density at radius 2 is 2.00 bits per heavy atom. The molecule has 0 saturated heterocycles. The molecule has 1 aromatic heterocycles. The van der Waals surface area contributed by atoms with Gasteiger partial charge >= 0.3 is 0 Å². The molecule has 0 spiro atoms. The van der Waals surface area contributed by atoms with E-state index in [1.165, 1.54) is 44.2 Å². The first-order valence-electron chi connectivity index (χ1n) is 8.24. The molecule has 0 aliphatic heterocycles.